The second kappa shape index (κ2) is 5.55. The molecule has 21 heavy (non-hydrogen) atoms. The van der Waals surface area contributed by atoms with Crippen molar-refractivity contribution in [3.05, 3.63) is 24.5 Å². The van der Waals surface area contributed by atoms with Crippen molar-refractivity contribution in [1.29, 1.82) is 0 Å². The fraction of sp³-hybridized carbons (Fsp3) is 0.571. The fourth-order valence-corrected chi connectivity index (χ4v) is 3.69. The van der Waals surface area contributed by atoms with Crippen LogP contribution in [0.15, 0.2) is 24.5 Å². The average molecular weight is 303 g/mol. The number of aromatic nitrogens is 1. The summed E-state index contributed by atoms with van der Waals surface area (Å²) in [5.74, 6) is 0.315. The lowest BCUT2D eigenvalue weighted by molar-refractivity contribution is -0.846. The molecule has 3 aliphatic rings. The molecule has 1 aromatic rings. The van der Waals surface area contributed by atoms with Crippen LogP contribution in [0.25, 0.3) is 0 Å². The molecule has 0 aliphatic carbocycles. The van der Waals surface area contributed by atoms with E-state index >= 15 is 0 Å². The van der Waals surface area contributed by atoms with Crippen LogP contribution < -0.4 is 10.6 Å². The van der Waals surface area contributed by atoms with Crippen molar-refractivity contribution in [2.75, 3.05) is 31.5 Å². The second-order valence-corrected chi connectivity index (χ2v) is 6.66. The van der Waals surface area contributed by atoms with E-state index in [-0.39, 0.29) is 0 Å². The normalized spacial score (nSPS) is 34.5. The van der Waals surface area contributed by atoms with Gasteiger partial charge in [0.05, 0.1) is 25.0 Å². The number of fused-ring (bicyclic) bond motifs is 3. The highest BCUT2D eigenvalue weighted by Crippen LogP contribution is 2.38. The van der Waals surface area contributed by atoms with E-state index in [0.717, 1.165) is 31.6 Å². The highest BCUT2D eigenvalue weighted by molar-refractivity contribution is 7.80. The minimum atomic E-state index is -0.772. The van der Waals surface area contributed by atoms with E-state index in [1.165, 1.54) is 0 Å². The zero-order valence-corrected chi connectivity index (χ0v) is 12.8. The summed E-state index contributed by atoms with van der Waals surface area (Å²) in [6, 6.07) is 3.73. The first kappa shape index (κ1) is 14.7. The van der Waals surface area contributed by atoms with Gasteiger partial charge in [-0.15, -0.1) is 0 Å². The molecule has 0 aromatic carbocycles. The molecule has 1 unspecified atom stereocenters. The molecule has 7 heteroatoms. The summed E-state index contributed by atoms with van der Waals surface area (Å²) < 4.78 is 0.484. The van der Waals surface area contributed by atoms with Gasteiger partial charge in [0.25, 0.3) is 0 Å². The lowest BCUT2D eigenvalue weighted by Crippen LogP contribution is -2.70. The van der Waals surface area contributed by atoms with Crippen molar-refractivity contribution in [2.45, 2.75) is 18.4 Å². The Labute approximate surface area is 131 Å². The first-order valence-electron chi connectivity index (χ1n) is 7.31. The molecule has 0 saturated carbocycles. The maximum absolute atomic E-state index is 10.9. The van der Waals surface area contributed by atoms with Crippen LogP contribution in [-0.2, 0) is 0 Å². The molecule has 0 spiro atoms. The van der Waals surface area contributed by atoms with Gasteiger partial charge in [0.1, 0.15) is 5.60 Å². The molecule has 5 nitrogen and oxygen atoms in total. The van der Waals surface area contributed by atoms with Crippen LogP contribution in [0, 0.1) is 5.92 Å². The zero-order chi connectivity index (χ0) is 14.9. The third kappa shape index (κ3) is 3.20. The molecule has 3 saturated heterocycles. The first-order chi connectivity index (χ1) is 9.99. The molecule has 111 valence electrons. The predicted molar refractivity (Wildman–Crippen MR) is 86.7 cm³/mol. The standard InChI is InChI=1S/C14H19BN4OS/c15-19-6-3-11(4-7-19)14(20,10-19)9-17-13(21)18-12-2-1-5-16-8-12/h1-2,5,8,11,20H,3-4,6-7,9-10H2,(H-,17,18,21)/q-1/p+1. The largest absolute Gasteiger partial charge is 0.586 e. The van der Waals surface area contributed by atoms with Crippen LogP contribution in [0.1, 0.15) is 12.8 Å². The van der Waals surface area contributed by atoms with Crippen LogP contribution in [0.3, 0.4) is 0 Å². The van der Waals surface area contributed by atoms with Gasteiger partial charge in [-0.3, -0.25) is 4.98 Å². The highest BCUT2D eigenvalue weighted by atomic mass is 32.1. The van der Waals surface area contributed by atoms with Gasteiger partial charge in [-0.2, -0.15) is 0 Å². The fourth-order valence-electron chi connectivity index (χ4n) is 3.50. The summed E-state index contributed by atoms with van der Waals surface area (Å²) >= 11 is 5.27. The molecule has 3 fully saturated rings. The van der Waals surface area contributed by atoms with Gasteiger partial charge in [-0.1, -0.05) is 0 Å². The summed E-state index contributed by atoms with van der Waals surface area (Å²) in [6.07, 6.45) is 5.38. The van der Waals surface area contributed by atoms with Gasteiger partial charge in [0.15, 0.2) is 5.11 Å². The van der Waals surface area contributed by atoms with E-state index < -0.39 is 5.60 Å². The third-order valence-corrected chi connectivity index (χ3v) is 4.92. The molecule has 3 radical (unpaired) electrons. The Bertz CT molecular complexity index is 521. The third-order valence-electron chi connectivity index (χ3n) is 4.67. The Morgan fingerprint density at radius 3 is 2.90 bits per heavy atom. The lowest BCUT2D eigenvalue weighted by Gasteiger charge is -2.64. The zero-order valence-electron chi connectivity index (χ0n) is 12.0. The molecule has 2 bridgehead atoms. The number of piperidine rings is 3. The van der Waals surface area contributed by atoms with Crippen molar-refractivity contribution >= 4 is 31.0 Å². The maximum Gasteiger partial charge on any atom is 0.170 e. The number of anilines is 1. The number of quaternary nitrogens is 1. The van der Waals surface area contributed by atoms with Gasteiger partial charge < -0.3 is 20.1 Å². The SMILES string of the molecule is [B-][N+]12CCC(CC1)C(O)(CNC(=S)Nc1cccnc1)C2. The van der Waals surface area contributed by atoms with Crippen LogP contribution in [0.4, 0.5) is 5.69 Å². The van der Waals surface area contributed by atoms with Gasteiger partial charge in [-0.25, -0.2) is 7.98 Å². The van der Waals surface area contributed by atoms with Crippen molar-refractivity contribution in [1.82, 2.24) is 10.3 Å². The molecule has 1 atom stereocenters. The number of pyridine rings is 1. The smallest absolute Gasteiger partial charge is 0.170 e. The van der Waals surface area contributed by atoms with E-state index in [9.17, 15) is 5.11 Å². The Hall–Kier alpha value is -1.18. The van der Waals surface area contributed by atoms with E-state index in [1.807, 2.05) is 12.1 Å². The summed E-state index contributed by atoms with van der Waals surface area (Å²) in [5, 5.41) is 17.6. The summed E-state index contributed by atoms with van der Waals surface area (Å²) in [4.78, 5) is 4.02. The van der Waals surface area contributed by atoms with Gasteiger partial charge in [0.2, 0.25) is 0 Å². The summed E-state index contributed by atoms with van der Waals surface area (Å²) in [5.41, 5.74) is 0.0598. The van der Waals surface area contributed by atoms with Crippen molar-refractivity contribution < 1.29 is 9.50 Å². The molecule has 4 heterocycles. The predicted octanol–water partition coefficient (Wildman–Crippen LogP) is 0.423. The van der Waals surface area contributed by atoms with Crippen LogP contribution in [0.2, 0.25) is 0 Å². The number of hydrogen-bond acceptors (Lipinski definition) is 3. The molecule has 3 aliphatic heterocycles. The van der Waals surface area contributed by atoms with Gasteiger partial charge in [0, 0.05) is 25.2 Å². The number of thiocarbonyl (C=S) groups is 1. The van der Waals surface area contributed by atoms with Crippen molar-refractivity contribution in [3.63, 3.8) is 0 Å². The first-order valence-corrected chi connectivity index (χ1v) is 7.72. The van der Waals surface area contributed by atoms with E-state index in [0.29, 0.717) is 28.5 Å². The van der Waals surface area contributed by atoms with Crippen molar-refractivity contribution in [3.8, 4) is 0 Å². The van der Waals surface area contributed by atoms with Crippen molar-refractivity contribution in [2.24, 2.45) is 5.92 Å². The lowest BCUT2D eigenvalue weighted by atomic mass is 9.72. The minimum Gasteiger partial charge on any atom is -0.586 e. The van der Waals surface area contributed by atoms with E-state index in [1.54, 1.807) is 12.4 Å². The number of rotatable bonds is 3. The van der Waals surface area contributed by atoms with E-state index in [2.05, 4.69) is 15.6 Å². The molecular weight excluding hydrogens is 283 g/mol. The van der Waals surface area contributed by atoms with E-state index in [4.69, 9.17) is 20.2 Å². The molecular formula is C14H20BN4OS. The number of aliphatic hydroxyl groups is 1. The number of nitrogens with zero attached hydrogens (tertiary/aromatic N) is 2. The van der Waals surface area contributed by atoms with Gasteiger partial charge >= 0.3 is 0 Å². The monoisotopic (exact) mass is 303 g/mol. The molecule has 4 rings (SSSR count). The Balaban J connectivity index is 1.56. The Kier molecular flexibility index (Phi) is 3.90. The summed E-state index contributed by atoms with van der Waals surface area (Å²) in [7, 11) is 6.29. The summed E-state index contributed by atoms with van der Waals surface area (Å²) in [6.45, 7) is 2.96. The Morgan fingerprint density at radius 1 is 1.52 bits per heavy atom. The minimum absolute atomic E-state index is 0.315. The number of hydrogen-bond donors (Lipinski definition) is 3. The average Bonchev–Trinajstić information content (AvgIpc) is 2.46. The maximum atomic E-state index is 10.9. The topological polar surface area (TPSA) is 57.2 Å². The van der Waals surface area contributed by atoms with Crippen LogP contribution in [0.5, 0.6) is 0 Å². The van der Waals surface area contributed by atoms with Crippen LogP contribution in [-0.4, -0.2) is 59.4 Å². The quantitative estimate of drug-likeness (QED) is 0.558. The number of nitrogens with one attached hydrogen (secondary N) is 2. The molecule has 0 amide bonds. The molecule has 3 N–H and O–H groups in total. The second-order valence-electron chi connectivity index (χ2n) is 6.25. The molecule has 1 aromatic heterocycles. The van der Waals surface area contributed by atoms with Crippen LogP contribution >= 0.6 is 12.2 Å². The Morgan fingerprint density at radius 2 is 2.29 bits per heavy atom. The van der Waals surface area contributed by atoms with Gasteiger partial charge in [-0.05, 0) is 37.2 Å². The highest BCUT2D eigenvalue weighted by Gasteiger charge is 2.48.